The largest absolute Gasteiger partial charge is 0.489 e. The lowest BCUT2D eigenvalue weighted by Gasteiger charge is -2.35. The number of aliphatic hydroxyl groups excluding tert-OH is 1. The molecule has 6 heteroatoms. The Balaban J connectivity index is 1.91. The van der Waals surface area contributed by atoms with Gasteiger partial charge in [-0.25, -0.2) is 4.68 Å². The fourth-order valence-corrected chi connectivity index (χ4v) is 3.43. The molecule has 1 aromatic carbocycles. The number of likely N-dealkylation sites (tertiary alicyclic amines) is 1. The third-order valence-corrected chi connectivity index (χ3v) is 4.83. The molecule has 0 aliphatic carbocycles. The molecule has 0 saturated carbocycles. The lowest BCUT2D eigenvalue weighted by Crippen LogP contribution is -2.44. The zero-order valence-corrected chi connectivity index (χ0v) is 16.2. The molecule has 6 nitrogen and oxygen atoms in total. The lowest BCUT2D eigenvalue weighted by molar-refractivity contribution is 0.0563. The molecule has 0 radical (unpaired) electrons. The fourth-order valence-electron chi connectivity index (χ4n) is 3.43. The van der Waals surface area contributed by atoms with E-state index >= 15 is 0 Å². The highest BCUT2D eigenvalue weighted by Crippen LogP contribution is 2.26. The summed E-state index contributed by atoms with van der Waals surface area (Å²) in [6.45, 7) is 5.46. The number of carbonyl (C=O) groups is 1. The number of carbonyl (C=O) groups excluding carboxylic acids is 1. The average molecular weight is 371 g/mol. The molecule has 1 N–H and O–H groups in total. The van der Waals surface area contributed by atoms with Gasteiger partial charge in [-0.05, 0) is 43.7 Å². The molecule has 1 fully saturated rings. The molecule has 2 heterocycles. The van der Waals surface area contributed by atoms with Gasteiger partial charge >= 0.3 is 0 Å². The van der Waals surface area contributed by atoms with Crippen LogP contribution in [0.5, 0.6) is 5.75 Å². The van der Waals surface area contributed by atoms with Gasteiger partial charge in [0.2, 0.25) is 0 Å². The van der Waals surface area contributed by atoms with Crippen molar-refractivity contribution in [1.29, 1.82) is 0 Å². The van der Waals surface area contributed by atoms with Crippen LogP contribution < -0.4 is 4.74 Å². The highest BCUT2D eigenvalue weighted by atomic mass is 16.5. The van der Waals surface area contributed by atoms with Crippen molar-refractivity contribution >= 4 is 5.91 Å². The Hall–Kier alpha value is -2.34. The molecule has 27 heavy (non-hydrogen) atoms. The second kappa shape index (κ2) is 9.04. The molecule has 2 aromatic rings. The van der Waals surface area contributed by atoms with Gasteiger partial charge in [0.25, 0.3) is 5.91 Å². The van der Waals surface area contributed by atoms with Gasteiger partial charge in [0.1, 0.15) is 0 Å². The normalized spacial score (nSPS) is 17.3. The first kappa shape index (κ1) is 19.4. The summed E-state index contributed by atoms with van der Waals surface area (Å²) >= 11 is 0. The third kappa shape index (κ3) is 4.69. The minimum Gasteiger partial charge on any atom is -0.489 e. The van der Waals surface area contributed by atoms with Gasteiger partial charge in [-0.3, -0.25) is 4.79 Å². The molecular weight excluding hydrogens is 342 g/mol. The molecular formula is C21H29N3O3. The van der Waals surface area contributed by atoms with Crippen LogP contribution in [-0.2, 0) is 0 Å². The van der Waals surface area contributed by atoms with Crippen molar-refractivity contribution in [2.75, 3.05) is 19.8 Å². The van der Waals surface area contributed by atoms with Gasteiger partial charge in [0, 0.05) is 19.2 Å². The summed E-state index contributed by atoms with van der Waals surface area (Å²) in [4.78, 5) is 15.1. The van der Waals surface area contributed by atoms with Gasteiger partial charge in [-0.15, -0.1) is 0 Å². The minimum atomic E-state index is -0.110. The highest BCUT2D eigenvalue weighted by Gasteiger charge is 2.31. The molecule has 1 atom stereocenters. The molecule has 3 rings (SSSR count). The maximum absolute atomic E-state index is 13.3. The first-order chi connectivity index (χ1) is 13.1. The first-order valence-corrected chi connectivity index (χ1v) is 9.80. The molecule has 1 aromatic heterocycles. The number of para-hydroxylation sites is 1. The number of nitrogens with zero attached hydrogens (tertiary/aromatic N) is 3. The number of aromatic nitrogens is 2. The molecule has 0 bridgehead atoms. The second-order valence-corrected chi connectivity index (χ2v) is 7.49. The summed E-state index contributed by atoms with van der Waals surface area (Å²) in [5, 5.41) is 13.9. The quantitative estimate of drug-likeness (QED) is 0.811. The van der Waals surface area contributed by atoms with Gasteiger partial charge in [0.05, 0.1) is 18.5 Å². The average Bonchev–Trinajstić information content (AvgIpc) is 3.11. The summed E-state index contributed by atoms with van der Waals surface area (Å²) in [5.74, 6) is 0.762. The van der Waals surface area contributed by atoms with E-state index in [2.05, 4.69) is 18.9 Å². The third-order valence-electron chi connectivity index (χ3n) is 4.83. The summed E-state index contributed by atoms with van der Waals surface area (Å²) in [5.41, 5.74) is 1.24. The summed E-state index contributed by atoms with van der Waals surface area (Å²) < 4.78 is 7.63. The molecule has 1 aliphatic heterocycles. The van der Waals surface area contributed by atoms with Crippen LogP contribution in [0.1, 0.15) is 50.0 Å². The lowest BCUT2D eigenvalue weighted by atomic mass is 9.99. The summed E-state index contributed by atoms with van der Waals surface area (Å²) in [7, 11) is 0. The number of hydrogen-bond donors (Lipinski definition) is 1. The maximum atomic E-state index is 13.3. The van der Waals surface area contributed by atoms with Crippen LogP contribution in [0.4, 0.5) is 0 Å². The predicted octanol–water partition coefficient (Wildman–Crippen LogP) is 3.28. The van der Waals surface area contributed by atoms with Crippen LogP contribution in [0.3, 0.4) is 0 Å². The zero-order chi connectivity index (χ0) is 19.2. The molecule has 1 aliphatic rings. The van der Waals surface area contributed by atoms with Crippen molar-refractivity contribution in [3.8, 4) is 11.4 Å². The van der Waals surface area contributed by atoms with Crippen molar-refractivity contribution in [3.63, 3.8) is 0 Å². The van der Waals surface area contributed by atoms with Crippen molar-refractivity contribution in [2.24, 2.45) is 5.92 Å². The van der Waals surface area contributed by atoms with Gasteiger partial charge in [-0.2, -0.15) is 5.10 Å². The Kier molecular flexibility index (Phi) is 6.50. The van der Waals surface area contributed by atoms with E-state index in [0.717, 1.165) is 24.9 Å². The van der Waals surface area contributed by atoms with Gasteiger partial charge in [-0.1, -0.05) is 32.0 Å². The Labute approximate surface area is 160 Å². The van der Waals surface area contributed by atoms with Gasteiger partial charge in [0.15, 0.2) is 11.4 Å². The van der Waals surface area contributed by atoms with Crippen molar-refractivity contribution in [3.05, 3.63) is 42.2 Å². The topological polar surface area (TPSA) is 67.6 Å². The Morgan fingerprint density at radius 1 is 1.30 bits per heavy atom. The van der Waals surface area contributed by atoms with E-state index in [0.29, 0.717) is 36.9 Å². The standard InChI is InChI=1S/C21H29N3O3/c1-16(2)15-27-19-14-24(18-9-4-3-5-10-18)22-20(19)21(26)23-12-7-6-8-17(23)11-13-25/h3-5,9-10,14,16-17,25H,6-8,11-13,15H2,1-2H3. The molecule has 0 spiro atoms. The minimum absolute atomic E-state index is 0.0658. The second-order valence-electron chi connectivity index (χ2n) is 7.49. The Morgan fingerprint density at radius 2 is 2.07 bits per heavy atom. The van der Waals surface area contributed by atoms with Crippen LogP contribution in [0.25, 0.3) is 5.69 Å². The maximum Gasteiger partial charge on any atom is 0.278 e. The van der Waals surface area contributed by atoms with E-state index in [4.69, 9.17) is 4.74 Å². The van der Waals surface area contributed by atoms with E-state index < -0.39 is 0 Å². The van der Waals surface area contributed by atoms with E-state index in [1.54, 1.807) is 10.9 Å². The van der Waals surface area contributed by atoms with Crippen LogP contribution in [0.15, 0.2) is 36.5 Å². The molecule has 146 valence electrons. The number of ether oxygens (including phenoxy) is 1. The Bertz CT molecular complexity index is 740. The summed E-state index contributed by atoms with van der Waals surface area (Å²) in [6, 6.07) is 9.79. The SMILES string of the molecule is CC(C)COc1cn(-c2ccccc2)nc1C(=O)N1CCCCC1CCO. The van der Waals surface area contributed by atoms with E-state index in [1.807, 2.05) is 35.2 Å². The van der Waals surface area contributed by atoms with E-state index in [-0.39, 0.29) is 18.6 Å². The number of piperidine rings is 1. The van der Waals surface area contributed by atoms with Crippen LogP contribution in [0, 0.1) is 5.92 Å². The molecule has 1 unspecified atom stereocenters. The number of amides is 1. The number of rotatable bonds is 7. The van der Waals surface area contributed by atoms with Crippen LogP contribution in [-0.4, -0.2) is 51.5 Å². The number of aliphatic hydroxyl groups is 1. The first-order valence-electron chi connectivity index (χ1n) is 9.80. The van der Waals surface area contributed by atoms with Crippen molar-refractivity contribution in [1.82, 2.24) is 14.7 Å². The van der Waals surface area contributed by atoms with Crippen molar-refractivity contribution < 1.29 is 14.6 Å². The molecule has 1 saturated heterocycles. The number of benzene rings is 1. The summed E-state index contributed by atoms with van der Waals surface area (Å²) in [6.07, 6.45) is 5.38. The monoisotopic (exact) mass is 371 g/mol. The number of hydrogen-bond acceptors (Lipinski definition) is 4. The highest BCUT2D eigenvalue weighted by molar-refractivity contribution is 5.95. The van der Waals surface area contributed by atoms with E-state index in [9.17, 15) is 9.90 Å². The van der Waals surface area contributed by atoms with Crippen LogP contribution in [0.2, 0.25) is 0 Å². The van der Waals surface area contributed by atoms with Gasteiger partial charge < -0.3 is 14.7 Å². The smallest absolute Gasteiger partial charge is 0.278 e. The fraction of sp³-hybridized carbons (Fsp3) is 0.524. The van der Waals surface area contributed by atoms with Crippen LogP contribution >= 0.6 is 0 Å². The van der Waals surface area contributed by atoms with Crippen molar-refractivity contribution in [2.45, 2.75) is 45.6 Å². The van der Waals surface area contributed by atoms with E-state index in [1.165, 1.54) is 0 Å². The Morgan fingerprint density at radius 3 is 2.78 bits per heavy atom. The predicted molar refractivity (Wildman–Crippen MR) is 104 cm³/mol. The molecule has 1 amide bonds. The zero-order valence-electron chi connectivity index (χ0n) is 16.2.